The van der Waals surface area contributed by atoms with E-state index in [0.29, 0.717) is 12.1 Å². The van der Waals surface area contributed by atoms with E-state index in [0.717, 1.165) is 6.08 Å². The summed E-state index contributed by atoms with van der Waals surface area (Å²) in [5, 5.41) is 8.32. The molecule has 0 fully saturated rings. The molecule has 0 bridgehead atoms. The predicted octanol–water partition coefficient (Wildman–Crippen LogP) is 1.35. The predicted molar refractivity (Wildman–Crippen MR) is 44.0 cm³/mol. The van der Waals surface area contributed by atoms with E-state index < -0.39 is 5.97 Å². The number of carboxylic acids is 1. The summed E-state index contributed by atoms with van der Waals surface area (Å²) in [6.07, 6.45) is 1.66. The second-order valence-electron chi connectivity index (χ2n) is 3.79. The molecule has 0 aromatic heterocycles. The summed E-state index contributed by atoms with van der Waals surface area (Å²) in [5.41, 5.74) is 5.91. The Bertz CT molecular complexity index is 177. The molecule has 0 atom stereocenters. The Kier molecular flexibility index (Phi) is 3.11. The number of rotatable bonds is 2. The smallest absolute Gasteiger partial charge is 0.330 e. The second-order valence-corrected chi connectivity index (χ2v) is 3.79. The summed E-state index contributed by atoms with van der Waals surface area (Å²) >= 11 is 0. The summed E-state index contributed by atoms with van der Waals surface area (Å²) in [6, 6.07) is 0. The van der Waals surface area contributed by atoms with E-state index in [-0.39, 0.29) is 5.41 Å². The van der Waals surface area contributed by atoms with Gasteiger partial charge in [-0.05, 0) is 11.8 Å². The maximum absolute atomic E-state index is 10.1. The number of hydrogen-bond acceptors (Lipinski definition) is 2. The van der Waals surface area contributed by atoms with E-state index in [1.54, 1.807) is 0 Å². The molecule has 0 heterocycles. The standard InChI is InChI=1S/C8H15NO2/c1-8(2,3)5-6(9)4-7(10)11/h4H,5,9H2,1-3H3,(H,10,11). The zero-order valence-corrected chi connectivity index (χ0v) is 7.22. The SMILES string of the molecule is CC(C)(C)CC(N)=CC(=O)O. The van der Waals surface area contributed by atoms with Gasteiger partial charge in [0.1, 0.15) is 0 Å². The van der Waals surface area contributed by atoms with Gasteiger partial charge in [-0.2, -0.15) is 0 Å². The fourth-order valence-electron chi connectivity index (χ4n) is 0.822. The summed E-state index contributed by atoms with van der Waals surface area (Å²) < 4.78 is 0. The monoisotopic (exact) mass is 157 g/mol. The lowest BCUT2D eigenvalue weighted by molar-refractivity contribution is -0.131. The molecule has 0 saturated carbocycles. The zero-order chi connectivity index (χ0) is 9.07. The van der Waals surface area contributed by atoms with Crippen LogP contribution in [0.4, 0.5) is 0 Å². The molecule has 0 saturated heterocycles. The Labute approximate surface area is 66.9 Å². The number of hydrogen-bond donors (Lipinski definition) is 2. The van der Waals surface area contributed by atoms with Crippen molar-refractivity contribution in [1.82, 2.24) is 0 Å². The van der Waals surface area contributed by atoms with E-state index in [2.05, 4.69) is 0 Å². The first-order valence-corrected chi connectivity index (χ1v) is 3.50. The highest BCUT2D eigenvalue weighted by Crippen LogP contribution is 2.21. The quantitative estimate of drug-likeness (QED) is 0.595. The van der Waals surface area contributed by atoms with Crippen LogP contribution in [-0.4, -0.2) is 11.1 Å². The van der Waals surface area contributed by atoms with Gasteiger partial charge in [0.25, 0.3) is 0 Å². The summed E-state index contributed by atoms with van der Waals surface area (Å²) in [5.74, 6) is -0.980. The number of carboxylic acid groups (broad SMARTS) is 1. The third-order valence-electron chi connectivity index (χ3n) is 1.04. The molecular weight excluding hydrogens is 142 g/mol. The molecule has 0 aliphatic rings. The van der Waals surface area contributed by atoms with Gasteiger partial charge < -0.3 is 10.8 Å². The van der Waals surface area contributed by atoms with Crippen LogP contribution in [0.15, 0.2) is 11.8 Å². The minimum absolute atomic E-state index is 0.0516. The van der Waals surface area contributed by atoms with Gasteiger partial charge in [-0.15, -0.1) is 0 Å². The van der Waals surface area contributed by atoms with E-state index in [4.69, 9.17) is 10.8 Å². The first kappa shape index (κ1) is 10.0. The van der Waals surface area contributed by atoms with E-state index in [9.17, 15) is 4.79 Å². The topological polar surface area (TPSA) is 63.3 Å². The molecule has 0 unspecified atom stereocenters. The van der Waals surface area contributed by atoms with Crippen molar-refractivity contribution in [2.24, 2.45) is 11.1 Å². The summed E-state index contributed by atoms with van der Waals surface area (Å²) in [7, 11) is 0. The number of aliphatic carboxylic acids is 1. The van der Waals surface area contributed by atoms with E-state index >= 15 is 0 Å². The molecule has 3 nitrogen and oxygen atoms in total. The first-order chi connectivity index (χ1) is 4.81. The summed E-state index contributed by atoms with van der Waals surface area (Å²) in [6.45, 7) is 6.03. The molecule has 0 spiro atoms. The Hall–Kier alpha value is -0.990. The highest BCUT2D eigenvalue weighted by atomic mass is 16.4. The lowest BCUT2D eigenvalue weighted by atomic mass is 9.90. The average molecular weight is 157 g/mol. The molecule has 0 radical (unpaired) electrons. The van der Waals surface area contributed by atoms with Gasteiger partial charge in [0, 0.05) is 11.8 Å². The normalized spacial score (nSPS) is 13.2. The minimum Gasteiger partial charge on any atom is -0.478 e. The third kappa shape index (κ3) is 6.90. The Balaban J connectivity index is 4.07. The van der Waals surface area contributed by atoms with Crippen molar-refractivity contribution in [3.8, 4) is 0 Å². The summed E-state index contributed by atoms with van der Waals surface area (Å²) in [4.78, 5) is 10.1. The largest absolute Gasteiger partial charge is 0.478 e. The van der Waals surface area contributed by atoms with Crippen LogP contribution in [0.5, 0.6) is 0 Å². The number of allylic oxidation sites excluding steroid dienone is 1. The maximum Gasteiger partial charge on any atom is 0.330 e. The van der Waals surface area contributed by atoms with Crippen LogP contribution in [0.2, 0.25) is 0 Å². The van der Waals surface area contributed by atoms with Gasteiger partial charge in [0.05, 0.1) is 0 Å². The average Bonchev–Trinajstić information content (AvgIpc) is 1.53. The lowest BCUT2D eigenvalue weighted by Crippen LogP contribution is -2.12. The molecule has 0 aliphatic heterocycles. The van der Waals surface area contributed by atoms with Crippen molar-refractivity contribution >= 4 is 5.97 Å². The van der Waals surface area contributed by atoms with Crippen molar-refractivity contribution in [1.29, 1.82) is 0 Å². The fourth-order valence-corrected chi connectivity index (χ4v) is 0.822. The molecule has 3 heteroatoms. The van der Waals surface area contributed by atoms with Crippen LogP contribution in [0.1, 0.15) is 27.2 Å². The molecule has 64 valence electrons. The third-order valence-corrected chi connectivity index (χ3v) is 1.04. The second kappa shape index (κ2) is 3.42. The molecule has 0 aliphatic carbocycles. The van der Waals surface area contributed by atoms with Gasteiger partial charge in [0.2, 0.25) is 0 Å². The van der Waals surface area contributed by atoms with Crippen LogP contribution >= 0.6 is 0 Å². The highest BCUT2D eigenvalue weighted by Gasteiger charge is 2.11. The van der Waals surface area contributed by atoms with Gasteiger partial charge in [-0.25, -0.2) is 4.79 Å². The molecule has 0 amide bonds. The zero-order valence-electron chi connectivity index (χ0n) is 7.22. The molecule has 0 rings (SSSR count). The van der Waals surface area contributed by atoms with Crippen molar-refractivity contribution in [2.45, 2.75) is 27.2 Å². The number of nitrogens with two attached hydrogens (primary N) is 1. The molecule has 3 N–H and O–H groups in total. The Morgan fingerprint density at radius 3 is 2.27 bits per heavy atom. The van der Waals surface area contributed by atoms with Crippen LogP contribution in [0, 0.1) is 5.41 Å². The highest BCUT2D eigenvalue weighted by molar-refractivity contribution is 5.80. The van der Waals surface area contributed by atoms with Crippen LogP contribution in [0.25, 0.3) is 0 Å². The fraction of sp³-hybridized carbons (Fsp3) is 0.625. The van der Waals surface area contributed by atoms with Gasteiger partial charge in [-0.1, -0.05) is 20.8 Å². The van der Waals surface area contributed by atoms with Crippen molar-refractivity contribution < 1.29 is 9.90 Å². The van der Waals surface area contributed by atoms with Crippen molar-refractivity contribution in [3.63, 3.8) is 0 Å². The Morgan fingerprint density at radius 1 is 1.55 bits per heavy atom. The van der Waals surface area contributed by atoms with Crippen molar-refractivity contribution in [3.05, 3.63) is 11.8 Å². The van der Waals surface area contributed by atoms with Crippen LogP contribution < -0.4 is 5.73 Å². The van der Waals surface area contributed by atoms with Gasteiger partial charge >= 0.3 is 5.97 Å². The van der Waals surface area contributed by atoms with Crippen LogP contribution in [0.3, 0.4) is 0 Å². The van der Waals surface area contributed by atoms with Crippen molar-refractivity contribution in [2.75, 3.05) is 0 Å². The number of carbonyl (C=O) groups is 1. The first-order valence-electron chi connectivity index (χ1n) is 3.50. The Morgan fingerprint density at radius 2 is 2.00 bits per heavy atom. The molecular formula is C8H15NO2. The van der Waals surface area contributed by atoms with E-state index in [1.807, 2.05) is 20.8 Å². The van der Waals surface area contributed by atoms with Gasteiger partial charge in [-0.3, -0.25) is 0 Å². The van der Waals surface area contributed by atoms with E-state index in [1.165, 1.54) is 0 Å². The molecule has 0 aromatic carbocycles. The van der Waals surface area contributed by atoms with Crippen LogP contribution in [-0.2, 0) is 4.79 Å². The minimum atomic E-state index is -0.980. The molecule has 0 aromatic rings. The van der Waals surface area contributed by atoms with Gasteiger partial charge in [0.15, 0.2) is 0 Å². The maximum atomic E-state index is 10.1. The lowest BCUT2D eigenvalue weighted by Gasteiger charge is -2.17. The molecule has 11 heavy (non-hydrogen) atoms.